The lowest BCUT2D eigenvalue weighted by Crippen LogP contribution is -2.60. The van der Waals surface area contributed by atoms with Crippen molar-refractivity contribution in [2.24, 2.45) is 11.3 Å². The van der Waals surface area contributed by atoms with E-state index in [1.54, 1.807) is 41.5 Å². The quantitative estimate of drug-likeness (QED) is 0.178. The summed E-state index contributed by atoms with van der Waals surface area (Å²) in [6.45, 7) is 14.5. The number of likely N-dealkylation sites (tertiary alicyclic amines) is 1. The molecule has 2 aliphatic carbocycles. The van der Waals surface area contributed by atoms with Crippen LogP contribution in [0.3, 0.4) is 0 Å². The minimum absolute atomic E-state index is 0.0117. The van der Waals surface area contributed by atoms with Crippen molar-refractivity contribution in [2.45, 2.75) is 108 Å². The Kier molecular flexibility index (Phi) is 11.5. The van der Waals surface area contributed by atoms with Gasteiger partial charge in [0, 0.05) is 12.3 Å². The molecule has 304 valence electrons. The Labute approximate surface area is 335 Å². The zero-order chi connectivity index (χ0) is 41.4. The van der Waals surface area contributed by atoms with E-state index in [0.29, 0.717) is 12.8 Å². The Hall–Kier alpha value is -5.01. The van der Waals surface area contributed by atoms with Crippen LogP contribution in [0.2, 0.25) is 0 Å². The lowest BCUT2D eigenvalue weighted by molar-refractivity contribution is -0.143. The van der Waals surface area contributed by atoms with E-state index in [9.17, 15) is 27.6 Å². The van der Waals surface area contributed by atoms with Crippen LogP contribution in [0.1, 0.15) is 78.4 Å². The molecule has 4 amide bonds. The minimum atomic E-state index is -3.93. The molecule has 1 aliphatic heterocycles. The molecule has 5 atom stereocenters. The number of rotatable bonds is 13. The predicted molar refractivity (Wildman–Crippen MR) is 217 cm³/mol. The van der Waals surface area contributed by atoms with Crippen molar-refractivity contribution in [3.05, 3.63) is 109 Å². The molecule has 3 aromatic rings. The van der Waals surface area contributed by atoms with Gasteiger partial charge in [-0.25, -0.2) is 13.2 Å². The smallest absolute Gasteiger partial charge is 0.408 e. The maximum Gasteiger partial charge on any atom is 0.408 e. The summed E-state index contributed by atoms with van der Waals surface area (Å²) in [6.07, 6.45) is 1.76. The maximum atomic E-state index is 15.0. The third kappa shape index (κ3) is 9.42. The molecule has 6 rings (SSSR count). The molecule has 0 bridgehead atoms. The molecule has 0 radical (unpaired) electrons. The number of hydrogen-bond donors (Lipinski definition) is 3. The van der Waals surface area contributed by atoms with Crippen LogP contribution in [0.25, 0.3) is 11.1 Å². The summed E-state index contributed by atoms with van der Waals surface area (Å²) in [7, 11) is -3.93. The Bertz CT molecular complexity index is 2090. The molecule has 0 spiro atoms. The van der Waals surface area contributed by atoms with Crippen LogP contribution in [0.5, 0.6) is 0 Å². The van der Waals surface area contributed by atoms with Crippen LogP contribution < -0.4 is 15.4 Å². The molecule has 12 nitrogen and oxygen atoms in total. The average molecular weight is 799 g/mol. The third-order valence-corrected chi connectivity index (χ3v) is 12.6. The largest absolute Gasteiger partial charge is 0.444 e. The van der Waals surface area contributed by atoms with Crippen molar-refractivity contribution in [2.75, 3.05) is 6.54 Å². The molecule has 3 aliphatic rings. The molecule has 0 aromatic heterocycles. The number of nitrogens with one attached hydrogen (secondary N) is 3. The number of benzene rings is 3. The first kappa shape index (κ1) is 41.6. The molecule has 1 heterocycles. The van der Waals surface area contributed by atoms with E-state index < -0.39 is 79.2 Å². The molecular formula is C44H54N4O8S. The van der Waals surface area contributed by atoms with Crippen LogP contribution in [0, 0.1) is 11.3 Å². The Morgan fingerprint density at radius 3 is 2.02 bits per heavy atom. The first-order valence-corrected chi connectivity index (χ1v) is 21.0. The maximum absolute atomic E-state index is 15.0. The average Bonchev–Trinajstić information content (AvgIpc) is 4.09. The van der Waals surface area contributed by atoms with Crippen LogP contribution >= 0.6 is 0 Å². The van der Waals surface area contributed by atoms with E-state index in [4.69, 9.17) is 9.47 Å². The highest BCUT2D eigenvalue weighted by molar-refractivity contribution is 7.91. The second kappa shape index (κ2) is 15.7. The van der Waals surface area contributed by atoms with Crippen molar-refractivity contribution in [3.63, 3.8) is 0 Å². The SMILES string of the molecule is C=C[C@@H]1C[C@]1(NC(=O)[C@@H]1C[C@@](OCc2ccccc2)(c2ccc(-c3ccccc3)cc2)CN1C(=O)[C@@H](NC(=O)OC(C)(C)C)C(C)(C)C)C(=O)NS(=O)(=O)C1CC1. The van der Waals surface area contributed by atoms with Crippen molar-refractivity contribution in [3.8, 4) is 11.1 Å². The summed E-state index contributed by atoms with van der Waals surface area (Å²) in [5.74, 6) is -2.60. The molecule has 57 heavy (non-hydrogen) atoms. The van der Waals surface area contributed by atoms with Gasteiger partial charge in [0.2, 0.25) is 21.8 Å². The summed E-state index contributed by atoms with van der Waals surface area (Å²) in [5, 5.41) is 4.99. The van der Waals surface area contributed by atoms with E-state index >= 15 is 0 Å². The summed E-state index contributed by atoms with van der Waals surface area (Å²) in [4.78, 5) is 58.1. The standard InChI is InChI=1S/C44H54N4O8S/c1-8-32-25-44(32,39(51)47-57(53,54)34-23-24-34)46-37(49)35-26-43(55-27-29-15-11-9-12-16-29,33-21-19-31(20-22-33)30-17-13-10-14-18-30)28-48(35)38(50)36(41(2,3)4)45-40(52)56-42(5,6)7/h8-22,32,34-36H,1,23-28H2,2-7H3,(H,45,52)(H,46,49)(H,47,51)/t32-,35+,36-,43+,44-/m1/s1. The Morgan fingerprint density at radius 1 is 0.877 bits per heavy atom. The van der Waals surface area contributed by atoms with Gasteiger partial charge in [-0.05, 0) is 67.7 Å². The highest BCUT2D eigenvalue weighted by Gasteiger charge is 2.63. The lowest BCUT2D eigenvalue weighted by atomic mass is 9.85. The fourth-order valence-corrected chi connectivity index (χ4v) is 8.75. The lowest BCUT2D eigenvalue weighted by Gasteiger charge is -2.36. The summed E-state index contributed by atoms with van der Waals surface area (Å²) in [6, 6.07) is 24.9. The highest BCUT2D eigenvalue weighted by Crippen LogP contribution is 2.47. The first-order valence-electron chi connectivity index (χ1n) is 19.4. The predicted octanol–water partition coefficient (Wildman–Crippen LogP) is 5.98. The summed E-state index contributed by atoms with van der Waals surface area (Å²) >= 11 is 0. The second-order valence-electron chi connectivity index (χ2n) is 17.5. The fraction of sp³-hybridized carbons (Fsp3) is 0.455. The van der Waals surface area contributed by atoms with Gasteiger partial charge in [-0.3, -0.25) is 19.1 Å². The molecule has 3 aromatic carbocycles. The zero-order valence-corrected chi connectivity index (χ0v) is 34.4. The number of hydrogen-bond acceptors (Lipinski definition) is 8. The molecular weight excluding hydrogens is 745 g/mol. The number of carbonyl (C=O) groups is 4. The monoisotopic (exact) mass is 798 g/mol. The number of sulfonamides is 1. The van der Waals surface area contributed by atoms with Gasteiger partial charge < -0.3 is 25.0 Å². The molecule has 13 heteroatoms. The highest BCUT2D eigenvalue weighted by atomic mass is 32.2. The van der Waals surface area contributed by atoms with E-state index in [-0.39, 0.29) is 26.0 Å². The Balaban J connectivity index is 1.40. The van der Waals surface area contributed by atoms with Gasteiger partial charge in [-0.2, -0.15) is 0 Å². The van der Waals surface area contributed by atoms with Gasteiger partial charge >= 0.3 is 6.09 Å². The normalized spacial score (nSPS) is 23.9. The molecule has 1 saturated heterocycles. The zero-order valence-electron chi connectivity index (χ0n) is 33.5. The number of nitrogens with zero attached hydrogens (tertiary/aromatic N) is 1. The third-order valence-electron chi connectivity index (χ3n) is 10.8. The molecule has 0 unspecified atom stereocenters. The summed E-state index contributed by atoms with van der Waals surface area (Å²) < 4.78 is 40.3. The van der Waals surface area contributed by atoms with E-state index in [0.717, 1.165) is 22.3 Å². The topological polar surface area (TPSA) is 160 Å². The summed E-state index contributed by atoms with van der Waals surface area (Å²) in [5.41, 5.74) is -0.926. The van der Waals surface area contributed by atoms with Crippen molar-refractivity contribution in [1.82, 2.24) is 20.3 Å². The molecule has 3 N–H and O–H groups in total. The van der Waals surface area contributed by atoms with Gasteiger partial charge in [0.15, 0.2) is 0 Å². The van der Waals surface area contributed by atoms with Gasteiger partial charge in [-0.1, -0.05) is 112 Å². The van der Waals surface area contributed by atoms with Crippen molar-refractivity contribution >= 4 is 33.8 Å². The van der Waals surface area contributed by atoms with Crippen LogP contribution in [0.15, 0.2) is 97.6 Å². The van der Waals surface area contributed by atoms with Gasteiger partial charge in [0.1, 0.15) is 28.8 Å². The van der Waals surface area contributed by atoms with Gasteiger partial charge in [0.25, 0.3) is 5.91 Å². The van der Waals surface area contributed by atoms with E-state index in [1.165, 1.54) is 11.0 Å². The van der Waals surface area contributed by atoms with Crippen LogP contribution in [-0.2, 0) is 46.1 Å². The number of carbonyl (C=O) groups excluding carboxylic acids is 4. The second-order valence-corrected chi connectivity index (χ2v) is 19.5. The number of alkyl carbamates (subject to hydrolysis) is 1. The van der Waals surface area contributed by atoms with Crippen LogP contribution in [-0.4, -0.2) is 72.2 Å². The van der Waals surface area contributed by atoms with Gasteiger partial charge in [0.05, 0.1) is 18.4 Å². The Morgan fingerprint density at radius 2 is 1.47 bits per heavy atom. The number of ether oxygens (including phenoxy) is 2. The van der Waals surface area contributed by atoms with E-state index in [1.807, 2.05) is 84.9 Å². The number of amides is 4. The van der Waals surface area contributed by atoms with Crippen molar-refractivity contribution in [1.29, 1.82) is 0 Å². The first-order chi connectivity index (χ1) is 26.8. The van der Waals surface area contributed by atoms with Gasteiger partial charge in [-0.15, -0.1) is 6.58 Å². The minimum Gasteiger partial charge on any atom is -0.444 e. The fourth-order valence-electron chi connectivity index (χ4n) is 7.39. The molecule has 2 saturated carbocycles. The van der Waals surface area contributed by atoms with E-state index in [2.05, 4.69) is 21.9 Å². The molecule has 3 fully saturated rings. The van der Waals surface area contributed by atoms with Crippen LogP contribution in [0.4, 0.5) is 4.79 Å². The van der Waals surface area contributed by atoms with Crippen molar-refractivity contribution < 1.29 is 37.1 Å².